The van der Waals surface area contributed by atoms with Crippen molar-refractivity contribution in [2.45, 2.75) is 13.8 Å². The number of rotatable bonds is 9. The summed E-state index contributed by atoms with van der Waals surface area (Å²) in [6, 6.07) is 0. The second-order valence-corrected chi connectivity index (χ2v) is 3.89. The molecule has 118 valence electrons. The highest BCUT2D eigenvalue weighted by Gasteiger charge is 1.94. The number of allylic oxidation sites excluding steroid dienone is 8. The van der Waals surface area contributed by atoms with Crippen LogP contribution in [0.15, 0.2) is 72.9 Å². The number of ether oxygens (including phenoxy) is 2. The lowest BCUT2D eigenvalue weighted by Crippen LogP contribution is -2.00. The molecule has 0 saturated heterocycles. The molecule has 0 unspecified atom stereocenters. The summed E-state index contributed by atoms with van der Waals surface area (Å²) in [6.45, 7) is 4.21. The van der Waals surface area contributed by atoms with Crippen molar-refractivity contribution in [1.82, 2.24) is 0 Å². The van der Waals surface area contributed by atoms with Crippen LogP contribution >= 0.6 is 0 Å². The van der Waals surface area contributed by atoms with Gasteiger partial charge in [0.1, 0.15) is 13.2 Å². The molecule has 0 heterocycles. The van der Waals surface area contributed by atoms with E-state index in [1.165, 1.54) is 24.3 Å². The van der Waals surface area contributed by atoms with Crippen molar-refractivity contribution in [3.8, 4) is 0 Å². The third kappa shape index (κ3) is 13.8. The molecule has 0 atom stereocenters. The molecule has 0 aromatic rings. The summed E-state index contributed by atoms with van der Waals surface area (Å²) < 4.78 is 9.77. The van der Waals surface area contributed by atoms with Crippen molar-refractivity contribution < 1.29 is 19.1 Å². The van der Waals surface area contributed by atoms with Gasteiger partial charge in [-0.15, -0.1) is 0 Å². The van der Waals surface area contributed by atoms with Crippen LogP contribution in [0.3, 0.4) is 0 Å². The summed E-state index contributed by atoms with van der Waals surface area (Å²) in [6.07, 6.45) is 19.8. The van der Waals surface area contributed by atoms with Gasteiger partial charge in [0.25, 0.3) is 0 Å². The number of carbonyl (C=O) groups is 2. The van der Waals surface area contributed by atoms with E-state index in [0.717, 1.165) is 0 Å². The van der Waals surface area contributed by atoms with Crippen LogP contribution in [0.1, 0.15) is 13.8 Å². The molecule has 0 aromatic carbocycles. The van der Waals surface area contributed by atoms with E-state index in [1.807, 2.05) is 38.2 Å². The summed E-state index contributed by atoms with van der Waals surface area (Å²) >= 11 is 0. The lowest BCUT2D eigenvalue weighted by Gasteiger charge is -1.95. The molecule has 0 aromatic heterocycles. The van der Waals surface area contributed by atoms with Crippen LogP contribution in [0.4, 0.5) is 0 Å². The lowest BCUT2D eigenvalue weighted by molar-refractivity contribution is -0.137. The first-order valence-corrected chi connectivity index (χ1v) is 6.94. The molecule has 0 aliphatic rings. The fourth-order valence-electron chi connectivity index (χ4n) is 1.12. The molecule has 0 saturated carbocycles. The summed E-state index contributed by atoms with van der Waals surface area (Å²) in [5.41, 5.74) is 0. The van der Waals surface area contributed by atoms with Crippen LogP contribution in [0.5, 0.6) is 0 Å². The Morgan fingerprint density at radius 3 is 1.45 bits per heavy atom. The maximum atomic E-state index is 11.3. The molecule has 0 aliphatic heterocycles. The standard InChI is InChI=1S/C18H22O4/c1-3-5-7-11-15-21-17(19)13-9-10-14-18(20)22-16-12-8-6-4-2/h3-14H,15-16H2,1-2H3/b5-3+,6-4+,11-7+,12-8+,13-9+,14-10+. The van der Waals surface area contributed by atoms with Gasteiger partial charge in [-0.25, -0.2) is 9.59 Å². The van der Waals surface area contributed by atoms with Gasteiger partial charge in [0.2, 0.25) is 0 Å². The topological polar surface area (TPSA) is 52.6 Å². The zero-order valence-corrected chi connectivity index (χ0v) is 13.0. The third-order valence-electron chi connectivity index (χ3n) is 2.10. The van der Waals surface area contributed by atoms with Crippen LogP contribution in [-0.2, 0) is 19.1 Å². The maximum Gasteiger partial charge on any atom is 0.331 e. The zero-order chi connectivity index (χ0) is 16.5. The number of hydrogen-bond donors (Lipinski definition) is 0. The number of esters is 2. The molecule has 0 fully saturated rings. The fraction of sp³-hybridized carbons (Fsp3) is 0.222. The molecule has 4 nitrogen and oxygen atoms in total. The summed E-state index contributed by atoms with van der Waals surface area (Å²) in [7, 11) is 0. The Kier molecular flexibility index (Phi) is 13.0. The smallest absolute Gasteiger partial charge is 0.331 e. The van der Waals surface area contributed by atoms with E-state index in [0.29, 0.717) is 0 Å². The predicted molar refractivity (Wildman–Crippen MR) is 88.1 cm³/mol. The lowest BCUT2D eigenvalue weighted by atomic mass is 10.4. The van der Waals surface area contributed by atoms with Crippen LogP contribution < -0.4 is 0 Å². The van der Waals surface area contributed by atoms with Gasteiger partial charge >= 0.3 is 11.9 Å². The van der Waals surface area contributed by atoms with Crippen molar-refractivity contribution in [3.63, 3.8) is 0 Å². The Labute approximate surface area is 131 Å². The molecule has 22 heavy (non-hydrogen) atoms. The van der Waals surface area contributed by atoms with Gasteiger partial charge in [-0.05, 0) is 26.0 Å². The van der Waals surface area contributed by atoms with E-state index in [4.69, 9.17) is 9.47 Å². The maximum absolute atomic E-state index is 11.3. The first-order chi connectivity index (χ1) is 10.7. The minimum absolute atomic E-state index is 0.206. The van der Waals surface area contributed by atoms with Crippen LogP contribution in [-0.4, -0.2) is 25.2 Å². The molecule has 0 spiro atoms. The Hall–Kier alpha value is -2.62. The van der Waals surface area contributed by atoms with Gasteiger partial charge in [0.05, 0.1) is 0 Å². The van der Waals surface area contributed by atoms with E-state index in [-0.39, 0.29) is 13.2 Å². The minimum Gasteiger partial charge on any atom is -0.458 e. The molecule has 0 rings (SSSR count). The molecular formula is C18H22O4. The molecule has 0 N–H and O–H groups in total. The largest absolute Gasteiger partial charge is 0.458 e. The Balaban J connectivity index is 3.89. The van der Waals surface area contributed by atoms with Gasteiger partial charge < -0.3 is 9.47 Å². The van der Waals surface area contributed by atoms with E-state index in [9.17, 15) is 9.59 Å². The van der Waals surface area contributed by atoms with Crippen LogP contribution in [0.25, 0.3) is 0 Å². The quantitative estimate of drug-likeness (QED) is 0.372. The zero-order valence-electron chi connectivity index (χ0n) is 13.0. The molecule has 0 radical (unpaired) electrons. The Morgan fingerprint density at radius 1 is 0.682 bits per heavy atom. The Morgan fingerprint density at radius 2 is 1.09 bits per heavy atom. The molecular weight excluding hydrogens is 280 g/mol. The van der Waals surface area contributed by atoms with Crippen molar-refractivity contribution in [2.75, 3.05) is 13.2 Å². The number of hydrogen-bond acceptors (Lipinski definition) is 4. The monoisotopic (exact) mass is 302 g/mol. The number of carbonyl (C=O) groups excluding carboxylic acids is 2. The van der Waals surface area contributed by atoms with Gasteiger partial charge in [-0.3, -0.25) is 0 Å². The van der Waals surface area contributed by atoms with E-state index in [1.54, 1.807) is 24.3 Å². The van der Waals surface area contributed by atoms with Gasteiger partial charge in [0.15, 0.2) is 0 Å². The summed E-state index contributed by atoms with van der Waals surface area (Å²) in [4.78, 5) is 22.5. The highest BCUT2D eigenvalue weighted by Crippen LogP contribution is 1.88. The highest BCUT2D eigenvalue weighted by molar-refractivity contribution is 5.84. The highest BCUT2D eigenvalue weighted by atomic mass is 16.5. The first kappa shape index (κ1) is 19.4. The average Bonchev–Trinajstić information content (AvgIpc) is 2.51. The normalized spacial score (nSPS) is 12.6. The summed E-state index contributed by atoms with van der Waals surface area (Å²) in [5.74, 6) is -0.949. The van der Waals surface area contributed by atoms with Crippen molar-refractivity contribution >= 4 is 11.9 Å². The molecule has 4 heteroatoms. The predicted octanol–water partition coefficient (Wildman–Crippen LogP) is 3.45. The average molecular weight is 302 g/mol. The molecule has 0 bridgehead atoms. The van der Waals surface area contributed by atoms with Crippen molar-refractivity contribution in [2.24, 2.45) is 0 Å². The third-order valence-corrected chi connectivity index (χ3v) is 2.10. The fourth-order valence-corrected chi connectivity index (χ4v) is 1.12. The van der Waals surface area contributed by atoms with E-state index < -0.39 is 11.9 Å². The SMILES string of the molecule is C/C=C/C=C/COC(=O)/C=C/C=C/C(=O)OC/C=C/C=C/C. The van der Waals surface area contributed by atoms with Gasteiger partial charge in [-0.1, -0.05) is 48.6 Å². The van der Waals surface area contributed by atoms with E-state index in [2.05, 4.69) is 0 Å². The second kappa shape index (κ2) is 14.8. The second-order valence-electron chi connectivity index (χ2n) is 3.89. The first-order valence-electron chi connectivity index (χ1n) is 6.94. The minimum atomic E-state index is -0.475. The molecule has 0 aliphatic carbocycles. The van der Waals surface area contributed by atoms with Crippen molar-refractivity contribution in [1.29, 1.82) is 0 Å². The molecule has 0 amide bonds. The van der Waals surface area contributed by atoms with E-state index >= 15 is 0 Å². The van der Waals surface area contributed by atoms with Gasteiger partial charge in [0, 0.05) is 12.2 Å². The van der Waals surface area contributed by atoms with Crippen LogP contribution in [0.2, 0.25) is 0 Å². The van der Waals surface area contributed by atoms with Crippen molar-refractivity contribution in [3.05, 3.63) is 72.9 Å². The summed E-state index contributed by atoms with van der Waals surface area (Å²) in [5, 5.41) is 0. The Bertz CT molecular complexity index is 445. The van der Waals surface area contributed by atoms with Gasteiger partial charge in [-0.2, -0.15) is 0 Å². The van der Waals surface area contributed by atoms with Crippen LogP contribution in [0, 0.1) is 0 Å².